The summed E-state index contributed by atoms with van der Waals surface area (Å²) in [7, 11) is 0. The Labute approximate surface area is 224 Å². The van der Waals surface area contributed by atoms with Crippen LogP contribution < -0.4 is 11.1 Å². The van der Waals surface area contributed by atoms with Crippen molar-refractivity contribution in [2.24, 2.45) is 5.73 Å². The number of rotatable bonds is 9. The van der Waals surface area contributed by atoms with Crippen molar-refractivity contribution >= 4 is 40.3 Å². The first-order valence-corrected chi connectivity index (χ1v) is 13.0. The number of carbonyl (C=O) groups is 3. The third-order valence-corrected chi connectivity index (χ3v) is 6.41. The minimum atomic E-state index is -0.643. The van der Waals surface area contributed by atoms with Gasteiger partial charge in [0.15, 0.2) is 0 Å². The zero-order chi connectivity index (χ0) is 27.3. The normalized spacial score (nSPS) is 11.3. The van der Waals surface area contributed by atoms with Crippen molar-refractivity contribution in [2.45, 2.75) is 45.9 Å². The highest BCUT2D eigenvalue weighted by Crippen LogP contribution is 2.17. The Morgan fingerprint density at radius 2 is 1.82 bits per heavy atom. The van der Waals surface area contributed by atoms with Crippen LogP contribution in [0, 0.1) is 0 Å². The van der Waals surface area contributed by atoms with E-state index in [2.05, 4.69) is 20.3 Å². The number of nitrogens with zero attached hydrogens (tertiary/aromatic N) is 3. The standard InChI is InChI=1S/C27H30N6O4S/c1-27(2,3)37-26(36)33(15-22-30-19-6-4-5-7-20(19)31-22)13-12-23-32-21(16-38-23)25(35)29-14-17-8-10-18(11-9-17)24(28)34/h4-11,16H,12-15H2,1-3H3,(H2,28,34)(H,29,35)(H,30,31). The fraction of sp³-hybridized carbons (Fsp3) is 0.296. The maximum Gasteiger partial charge on any atom is 0.410 e. The number of nitrogens with two attached hydrogens (primary N) is 1. The van der Waals surface area contributed by atoms with E-state index in [1.54, 1.807) is 34.5 Å². The van der Waals surface area contributed by atoms with Gasteiger partial charge in [-0.05, 0) is 50.6 Å². The lowest BCUT2D eigenvalue weighted by atomic mass is 10.1. The quantitative estimate of drug-likeness (QED) is 0.296. The van der Waals surface area contributed by atoms with Crippen molar-refractivity contribution in [3.63, 3.8) is 0 Å². The molecular formula is C27H30N6O4S. The molecule has 0 spiro atoms. The molecule has 0 saturated carbocycles. The van der Waals surface area contributed by atoms with E-state index in [4.69, 9.17) is 10.5 Å². The molecule has 0 unspecified atom stereocenters. The Kier molecular flexibility index (Phi) is 8.06. The van der Waals surface area contributed by atoms with Crippen LogP contribution in [0.2, 0.25) is 0 Å². The number of benzene rings is 2. The van der Waals surface area contributed by atoms with Crippen LogP contribution in [-0.2, 0) is 24.2 Å². The highest BCUT2D eigenvalue weighted by Gasteiger charge is 2.24. The fourth-order valence-electron chi connectivity index (χ4n) is 3.64. The summed E-state index contributed by atoms with van der Waals surface area (Å²) in [5.41, 5.74) is 7.88. The largest absolute Gasteiger partial charge is 0.444 e. The summed E-state index contributed by atoms with van der Waals surface area (Å²) >= 11 is 1.36. The number of fused-ring (bicyclic) bond motifs is 1. The summed E-state index contributed by atoms with van der Waals surface area (Å²) in [6, 6.07) is 14.4. The second-order valence-corrected chi connectivity index (χ2v) is 10.7. The molecule has 0 saturated heterocycles. The number of aromatic nitrogens is 3. The third-order valence-electron chi connectivity index (χ3n) is 5.50. The lowest BCUT2D eigenvalue weighted by molar-refractivity contribution is 0.0231. The molecule has 0 aliphatic carbocycles. The average molecular weight is 535 g/mol. The van der Waals surface area contributed by atoms with Crippen LogP contribution in [0.15, 0.2) is 53.9 Å². The molecular weight excluding hydrogens is 504 g/mol. The summed E-state index contributed by atoms with van der Waals surface area (Å²) in [6.07, 6.45) is 0.00117. The first-order valence-electron chi connectivity index (χ1n) is 12.1. The number of thiazole rings is 1. The van der Waals surface area contributed by atoms with Gasteiger partial charge in [-0.2, -0.15) is 0 Å². The van der Waals surface area contributed by atoms with Crippen molar-refractivity contribution in [1.29, 1.82) is 0 Å². The van der Waals surface area contributed by atoms with E-state index < -0.39 is 17.6 Å². The fourth-order valence-corrected chi connectivity index (χ4v) is 4.41. The maximum absolute atomic E-state index is 12.9. The van der Waals surface area contributed by atoms with Crippen LogP contribution in [-0.4, -0.2) is 49.9 Å². The Morgan fingerprint density at radius 1 is 1.08 bits per heavy atom. The average Bonchev–Trinajstić information content (AvgIpc) is 3.51. The van der Waals surface area contributed by atoms with E-state index in [9.17, 15) is 14.4 Å². The Bertz CT molecular complexity index is 1400. The van der Waals surface area contributed by atoms with Gasteiger partial charge in [0.05, 0.1) is 22.6 Å². The zero-order valence-corrected chi connectivity index (χ0v) is 22.3. The van der Waals surface area contributed by atoms with Crippen LogP contribution >= 0.6 is 11.3 Å². The van der Waals surface area contributed by atoms with Crippen molar-refractivity contribution < 1.29 is 19.1 Å². The first kappa shape index (κ1) is 26.8. The first-order chi connectivity index (χ1) is 18.1. The van der Waals surface area contributed by atoms with Crippen molar-refractivity contribution in [1.82, 2.24) is 25.2 Å². The number of H-pyrrole nitrogens is 1. The molecule has 2 aromatic carbocycles. The van der Waals surface area contributed by atoms with E-state index in [1.807, 2.05) is 45.0 Å². The highest BCUT2D eigenvalue weighted by molar-refractivity contribution is 7.09. The van der Waals surface area contributed by atoms with Gasteiger partial charge < -0.3 is 25.7 Å². The Balaban J connectivity index is 1.37. The molecule has 4 aromatic rings. The molecule has 2 aromatic heterocycles. The van der Waals surface area contributed by atoms with E-state index in [0.29, 0.717) is 30.0 Å². The number of hydrogen-bond acceptors (Lipinski definition) is 7. The number of ether oxygens (including phenoxy) is 1. The SMILES string of the molecule is CC(C)(C)OC(=O)N(CCc1nc(C(=O)NCc2ccc(C(N)=O)cc2)cs1)Cc1nc2ccccc2[nH]1. The molecule has 0 radical (unpaired) electrons. The van der Waals surface area contributed by atoms with Gasteiger partial charge in [0.2, 0.25) is 5.91 Å². The van der Waals surface area contributed by atoms with E-state index >= 15 is 0 Å². The second-order valence-electron chi connectivity index (χ2n) is 9.72. The number of hydrogen-bond donors (Lipinski definition) is 3. The number of amides is 3. The molecule has 11 heteroatoms. The monoisotopic (exact) mass is 534 g/mol. The van der Waals surface area contributed by atoms with Crippen molar-refractivity contribution in [3.05, 3.63) is 81.6 Å². The molecule has 10 nitrogen and oxygen atoms in total. The molecule has 3 amide bonds. The molecule has 0 bridgehead atoms. The topological polar surface area (TPSA) is 143 Å². The summed E-state index contributed by atoms with van der Waals surface area (Å²) in [6.45, 7) is 6.34. The minimum absolute atomic E-state index is 0.247. The Morgan fingerprint density at radius 3 is 2.50 bits per heavy atom. The molecule has 0 atom stereocenters. The van der Waals surface area contributed by atoms with Crippen molar-refractivity contribution in [3.8, 4) is 0 Å². The number of nitrogens with one attached hydrogen (secondary N) is 2. The number of para-hydroxylation sites is 2. The van der Waals surface area contributed by atoms with Crippen LogP contribution in [0.5, 0.6) is 0 Å². The van der Waals surface area contributed by atoms with Crippen LogP contribution in [0.3, 0.4) is 0 Å². The predicted octanol–water partition coefficient (Wildman–Crippen LogP) is 4.03. The van der Waals surface area contributed by atoms with E-state index in [-0.39, 0.29) is 19.0 Å². The Hall–Kier alpha value is -4.25. The summed E-state index contributed by atoms with van der Waals surface area (Å²) < 4.78 is 5.61. The molecule has 4 rings (SSSR count). The number of primary amides is 1. The lowest BCUT2D eigenvalue weighted by Crippen LogP contribution is -2.37. The third kappa shape index (κ3) is 7.16. The van der Waals surface area contributed by atoms with Gasteiger partial charge in [0, 0.05) is 30.5 Å². The molecule has 38 heavy (non-hydrogen) atoms. The summed E-state index contributed by atoms with van der Waals surface area (Å²) in [5, 5.41) is 5.24. The molecule has 198 valence electrons. The van der Waals surface area contributed by atoms with Gasteiger partial charge in [-0.3, -0.25) is 9.59 Å². The van der Waals surface area contributed by atoms with Crippen LogP contribution in [0.4, 0.5) is 4.79 Å². The summed E-state index contributed by atoms with van der Waals surface area (Å²) in [4.78, 5) is 50.6. The zero-order valence-electron chi connectivity index (χ0n) is 21.5. The minimum Gasteiger partial charge on any atom is -0.444 e. The van der Waals surface area contributed by atoms with Crippen molar-refractivity contribution in [2.75, 3.05) is 6.54 Å². The smallest absolute Gasteiger partial charge is 0.410 e. The van der Waals surface area contributed by atoms with Crippen LogP contribution in [0.25, 0.3) is 11.0 Å². The molecule has 4 N–H and O–H groups in total. The van der Waals surface area contributed by atoms with E-state index in [0.717, 1.165) is 21.6 Å². The van der Waals surface area contributed by atoms with Crippen LogP contribution in [0.1, 0.15) is 58.0 Å². The number of carbonyl (C=O) groups excluding carboxylic acids is 3. The molecule has 2 heterocycles. The summed E-state index contributed by atoms with van der Waals surface area (Å²) in [5.74, 6) is -0.156. The van der Waals surface area contributed by atoms with Gasteiger partial charge in [-0.25, -0.2) is 14.8 Å². The van der Waals surface area contributed by atoms with Gasteiger partial charge in [-0.1, -0.05) is 24.3 Å². The van der Waals surface area contributed by atoms with Gasteiger partial charge in [0.1, 0.15) is 17.1 Å². The molecule has 0 aliphatic heterocycles. The van der Waals surface area contributed by atoms with Gasteiger partial charge >= 0.3 is 6.09 Å². The number of imidazole rings is 1. The van der Waals surface area contributed by atoms with Gasteiger partial charge in [0.25, 0.3) is 5.91 Å². The maximum atomic E-state index is 12.9. The predicted molar refractivity (Wildman–Crippen MR) is 145 cm³/mol. The van der Waals surface area contributed by atoms with E-state index in [1.165, 1.54) is 11.3 Å². The van der Waals surface area contributed by atoms with Gasteiger partial charge in [-0.15, -0.1) is 11.3 Å². The second kappa shape index (κ2) is 11.4. The molecule has 0 fully saturated rings. The lowest BCUT2D eigenvalue weighted by Gasteiger charge is -2.26. The molecule has 0 aliphatic rings. The highest BCUT2D eigenvalue weighted by atomic mass is 32.1. The number of aromatic amines is 1.